The van der Waals surface area contributed by atoms with Gasteiger partial charge in [0.1, 0.15) is 7.05 Å². The molecule has 86 valence electrons. The van der Waals surface area contributed by atoms with Gasteiger partial charge in [-0.3, -0.25) is 0 Å². The molecule has 4 heteroatoms. The molecule has 2 nitrogen and oxygen atoms in total. The second-order valence-corrected chi connectivity index (χ2v) is 5.87. The van der Waals surface area contributed by atoms with Crippen molar-refractivity contribution >= 4 is 29.2 Å². The molecule has 1 aromatic rings. The van der Waals surface area contributed by atoms with Gasteiger partial charge in [-0.1, -0.05) is 29.2 Å². The third kappa shape index (κ3) is 2.18. The van der Waals surface area contributed by atoms with E-state index in [4.69, 9.17) is 0 Å². The average molecular weight is 253 g/mol. The number of aromatic nitrogens is 1. The summed E-state index contributed by atoms with van der Waals surface area (Å²) in [6.07, 6.45) is 4.49. The number of hydrogen-bond donors (Lipinski definition) is 0. The van der Waals surface area contributed by atoms with E-state index in [1.54, 1.807) is 23.1 Å². The fraction of sp³-hybridized carbons (Fsp3) is 0.417. The first kappa shape index (κ1) is 11.7. The summed E-state index contributed by atoms with van der Waals surface area (Å²) < 4.78 is 2.23. The zero-order valence-electron chi connectivity index (χ0n) is 10.1. The molecule has 1 aliphatic heterocycles. The number of aryl methyl sites for hydroxylation is 1. The van der Waals surface area contributed by atoms with Gasteiger partial charge in [0.25, 0.3) is 5.01 Å². The Morgan fingerprint density at radius 3 is 2.88 bits per heavy atom. The van der Waals surface area contributed by atoms with Crippen molar-refractivity contribution < 1.29 is 4.57 Å². The average Bonchev–Trinajstić information content (AvgIpc) is 2.57. The lowest BCUT2D eigenvalue weighted by Crippen LogP contribution is -2.32. The molecule has 0 radical (unpaired) electrons. The smallest absolute Gasteiger partial charge is 0.264 e. The summed E-state index contributed by atoms with van der Waals surface area (Å²) >= 11 is 3.58. The Balaban J connectivity index is 2.31. The van der Waals surface area contributed by atoms with Crippen LogP contribution < -0.4 is 4.57 Å². The molecular formula is C12H17N2S2+. The lowest BCUT2D eigenvalue weighted by atomic mass is 10.3. The zero-order chi connectivity index (χ0) is 11.7. The van der Waals surface area contributed by atoms with Crippen molar-refractivity contribution in [3.8, 4) is 0 Å². The lowest BCUT2D eigenvalue weighted by Gasteiger charge is -2.28. The van der Waals surface area contributed by atoms with Crippen LogP contribution in [-0.2, 0) is 7.05 Å². The summed E-state index contributed by atoms with van der Waals surface area (Å²) in [7, 11) is 4.26. The van der Waals surface area contributed by atoms with Crippen molar-refractivity contribution in [3.05, 3.63) is 32.6 Å². The quantitative estimate of drug-likeness (QED) is 0.711. The predicted molar refractivity (Wildman–Crippen MR) is 72.2 cm³/mol. The van der Waals surface area contributed by atoms with Crippen LogP contribution in [0, 0.1) is 6.92 Å². The van der Waals surface area contributed by atoms with Gasteiger partial charge < -0.3 is 4.90 Å². The highest BCUT2D eigenvalue weighted by molar-refractivity contribution is 8.05. The van der Waals surface area contributed by atoms with Crippen LogP contribution in [0.5, 0.6) is 0 Å². The highest BCUT2D eigenvalue weighted by Gasteiger charge is 2.17. The Hall–Kier alpha value is -0.740. The molecule has 0 N–H and O–H groups in total. The van der Waals surface area contributed by atoms with Crippen LogP contribution in [0.4, 0.5) is 0 Å². The van der Waals surface area contributed by atoms with Crippen LogP contribution in [-0.4, -0.2) is 18.0 Å². The van der Waals surface area contributed by atoms with Gasteiger partial charge in [-0.15, -0.1) is 0 Å². The molecule has 0 amide bonds. The molecule has 16 heavy (non-hydrogen) atoms. The Morgan fingerprint density at radius 1 is 1.50 bits per heavy atom. The summed E-state index contributed by atoms with van der Waals surface area (Å²) in [6, 6.07) is 0.485. The third-order valence-electron chi connectivity index (χ3n) is 2.96. The van der Waals surface area contributed by atoms with Gasteiger partial charge in [-0.25, -0.2) is 0 Å². The van der Waals surface area contributed by atoms with E-state index in [1.807, 2.05) is 0 Å². The maximum absolute atomic E-state index is 2.31. The summed E-state index contributed by atoms with van der Waals surface area (Å²) in [5.41, 5.74) is 1.31. The van der Waals surface area contributed by atoms with E-state index in [-0.39, 0.29) is 0 Å². The highest BCUT2D eigenvalue weighted by atomic mass is 32.2. The molecule has 1 aromatic heterocycles. The van der Waals surface area contributed by atoms with E-state index in [1.165, 1.54) is 15.7 Å². The molecule has 0 fully saturated rings. The fourth-order valence-corrected chi connectivity index (χ4v) is 3.45. The van der Waals surface area contributed by atoms with Gasteiger partial charge in [-0.2, -0.15) is 4.57 Å². The minimum atomic E-state index is 0.485. The third-order valence-corrected chi connectivity index (χ3v) is 4.99. The van der Waals surface area contributed by atoms with Gasteiger partial charge in [-0.05, 0) is 12.3 Å². The molecule has 2 rings (SSSR count). The van der Waals surface area contributed by atoms with Gasteiger partial charge in [0.05, 0.1) is 16.5 Å². The first-order valence-corrected chi connectivity index (χ1v) is 7.07. The van der Waals surface area contributed by atoms with Gasteiger partial charge in [0.15, 0.2) is 5.69 Å². The first-order valence-electron chi connectivity index (χ1n) is 5.31. The Bertz CT molecular complexity index is 446. The first-order chi connectivity index (χ1) is 7.59. The number of thiazole rings is 1. The molecule has 0 saturated carbocycles. The minimum Gasteiger partial charge on any atom is -0.363 e. The largest absolute Gasteiger partial charge is 0.363 e. The van der Waals surface area contributed by atoms with Gasteiger partial charge in [0.2, 0.25) is 0 Å². The molecular weight excluding hydrogens is 236 g/mol. The normalized spacial score (nSPS) is 23.1. The molecule has 1 atom stereocenters. The van der Waals surface area contributed by atoms with Crippen molar-refractivity contribution in [1.82, 2.24) is 4.90 Å². The second-order valence-electron chi connectivity index (χ2n) is 4.05. The molecule has 1 unspecified atom stereocenters. The van der Waals surface area contributed by atoms with Crippen molar-refractivity contribution in [2.24, 2.45) is 7.05 Å². The van der Waals surface area contributed by atoms with Crippen LogP contribution in [0.25, 0.3) is 6.08 Å². The maximum atomic E-state index is 2.31. The van der Waals surface area contributed by atoms with Crippen LogP contribution >= 0.6 is 23.1 Å². The Morgan fingerprint density at radius 2 is 2.25 bits per heavy atom. The number of nitrogens with zero attached hydrogens (tertiary/aromatic N) is 2. The molecule has 1 aliphatic rings. The van der Waals surface area contributed by atoms with Crippen molar-refractivity contribution in [3.63, 3.8) is 0 Å². The van der Waals surface area contributed by atoms with Crippen molar-refractivity contribution in [2.75, 3.05) is 7.05 Å². The van der Waals surface area contributed by atoms with Crippen molar-refractivity contribution in [1.29, 1.82) is 0 Å². The highest BCUT2D eigenvalue weighted by Crippen LogP contribution is 2.29. The molecule has 0 bridgehead atoms. The van der Waals surface area contributed by atoms with E-state index in [0.717, 1.165) is 0 Å². The van der Waals surface area contributed by atoms with Crippen LogP contribution in [0.2, 0.25) is 0 Å². The van der Waals surface area contributed by atoms with Gasteiger partial charge >= 0.3 is 0 Å². The lowest BCUT2D eigenvalue weighted by molar-refractivity contribution is -0.674. The summed E-state index contributed by atoms with van der Waals surface area (Å²) in [5, 5.41) is 6.98. The minimum absolute atomic E-state index is 0.485. The van der Waals surface area contributed by atoms with Crippen molar-refractivity contribution in [2.45, 2.75) is 19.9 Å². The Kier molecular flexibility index (Phi) is 3.40. The van der Waals surface area contributed by atoms with E-state index >= 15 is 0 Å². The van der Waals surface area contributed by atoms with Crippen LogP contribution in [0.15, 0.2) is 21.9 Å². The summed E-state index contributed by atoms with van der Waals surface area (Å²) in [6.45, 7) is 4.35. The van der Waals surface area contributed by atoms with E-state index in [2.05, 4.69) is 60.3 Å². The topological polar surface area (TPSA) is 7.12 Å². The van der Waals surface area contributed by atoms with E-state index in [9.17, 15) is 0 Å². The Labute approximate surface area is 105 Å². The predicted octanol–water partition coefficient (Wildman–Crippen LogP) is 2.76. The summed E-state index contributed by atoms with van der Waals surface area (Å²) in [5.74, 6) is 0. The number of hydrogen-bond acceptors (Lipinski definition) is 3. The molecule has 0 aliphatic carbocycles. The SMILES string of the molecule is Cc1csc(C=C2SC=CC(C)N2C)[n+]1C. The standard InChI is InChI=1S/C12H17N2S2/c1-9-5-6-15-11(13(9)3)7-12-14(4)10(2)8-16-12/h5-9H,1-4H3/q+1. The maximum Gasteiger partial charge on any atom is 0.264 e. The number of thioether (sulfide) groups is 1. The number of rotatable bonds is 1. The molecule has 0 spiro atoms. The van der Waals surface area contributed by atoms with E-state index < -0.39 is 0 Å². The monoisotopic (exact) mass is 253 g/mol. The second kappa shape index (κ2) is 4.63. The fourth-order valence-electron chi connectivity index (χ4n) is 1.49. The molecule has 2 heterocycles. The number of likely N-dealkylation sites (N-methyl/N-ethyl adjacent to an activating group) is 1. The van der Waals surface area contributed by atoms with Gasteiger partial charge in [0, 0.05) is 20.0 Å². The van der Waals surface area contributed by atoms with Crippen LogP contribution in [0.3, 0.4) is 0 Å². The van der Waals surface area contributed by atoms with Crippen LogP contribution in [0.1, 0.15) is 17.6 Å². The molecule has 0 saturated heterocycles. The molecule has 0 aromatic carbocycles. The summed E-state index contributed by atoms with van der Waals surface area (Å²) in [4.78, 5) is 2.31. The zero-order valence-corrected chi connectivity index (χ0v) is 11.7. The van der Waals surface area contributed by atoms with E-state index in [0.29, 0.717) is 6.04 Å².